The van der Waals surface area contributed by atoms with Crippen LogP contribution in [0.3, 0.4) is 0 Å². The van der Waals surface area contributed by atoms with Crippen LogP contribution >= 0.6 is 43.2 Å². The quantitative estimate of drug-likeness (QED) is 0.625. The van der Waals surface area contributed by atoms with E-state index in [2.05, 4.69) is 57.8 Å². The minimum absolute atomic E-state index is 0.451. The van der Waals surface area contributed by atoms with E-state index in [9.17, 15) is 0 Å². The zero-order chi connectivity index (χ0) is 13.1. The first-order chi connectivity index (χ1) is 8.56. The van der Waals surface area contributed by atoms with Gasteiger partial charge in [0.2, 0.25) is 0 Å². The summed E-state index contributed by atoms with van der Waals surface area (Å²) >= 11 is 8.67. The second-order valence-electron chi connectivity index (χ2n) is 4.33. The van der Waals surface area contributed by atoms with Crippen LogP contribution in [0.5, 0.6) is 5.75 Å². The average molecular weight is 390 g/mol. The van der Waals surface area contributed by atoms with Gasteiger partial charge < -0.3 is 4.74 Å². The Morgan fingerprint density at radius 1 is 1.17 bits per heavy atom. The topological polar surface area (TPSA) is 9.23 Å². The Morgan fingerprint density at radius 2 is 1.94 bits per heavy atom. The highest BCUT2D eigenvalue weighted by Crippen LogP contribution is 2.31. The maximum Gasteiger partial charge on any atom is 0.123 e. The van der Waals surface area contributed by atoms with Gasteiger partial charge in [-0.1, -0.05) is 29.8 Å². The lowest BCUT2D eigenvalue weighted by atomic mass is 10.0. The molecule has 1 nitrogen and oxygen atoms in total. The third kappa shape index (κ3) is 3.59. The molecule has 0 aliphatic heterocycles. The summed E-state index contributed by atoms with van der Waals surface area (Å²) < 4.78 is 8.16. The van der Waals surface area contributed by atoms with Crippen LogP contribution in [0.2, 0.25) is 0 Å². The molecular weight excluding hydrogens is 376 g/mol. The highest BCUT2D eigenvalue weighted by molar-refractivity contribution is 9.11. The molecule has 0 unspecified atom stereocenters. The van der Waals surface area contributed by atoms with Crippen molar-refractivity contribution in [3.05, 3.63) is 49.0 Å². The Balaban J connectivity index is 2.13. The normalized spacial score (nSPS) is 10.9. The van der Waals surface area contributed by atoms with Crippen molar-refractivity contribution < 1.29 is 4.74 Å². The first-order valence-corrected chi connectivity index (χ1v) is 8.13. The largest absolute Gasteiger partial charge is 0.488 e. The molecule has 0 N–H and O–H groups in total. The van der Waals surface area contributed by atoms with Gasteiger partial charge in [-0.3, -0.25) is 0 Å². The van der Waals surface area contributed by atoms with Crippen molar-refractivity contribution in [1.82, 2.24) is 0 Å². The minimum atomic E-state index is 0.451. The zero-order valence-corrected chi connectivity index (χ0v) is 14.2. The van der Waals surface area contributed by atoms with Gasteiger partial charge in [0.1, 0.15) is 12.4 Å². The molecular formula is C14H14Br2OS. The SMILES string of the molecule is CC(C)c1cc(Br)ccc1OCc1ccc(Br)s1. The lowest BCUT2D eigenvalue weighted by Crippen LogP contribution is -1.98. The Labute approximate surface area is 128 Å². The summed E-state index contributed by atoms with van der Waals surface area (Å²) in [6, 6.07) is 10.3. The Bertz CT molecular complexity index is 534. The van der Waals surface area contributed by atoms with Crippen molar-refractivity contribution in [3.63, 3.8) is 0 Å². The standard InChI is InChI=1S/C14H14Br2OS/c1-9(2)12-7-10(15)3-5-13(12)17-8-11-4-6-14(16)18-11/h3-7,9H,8H2,1-2H3. The van der Waals surface area contributed by atoms with E-state index in [1.165, 1.54) is 10.4 Å². The number of hydrogen-bond donors (Lipinski definition) is 0. The zero-order valence-electron chi connectivity index (χ0n) is 10.2. The van der Waals surface area contributed by atoms with Crippen LogP contribution in [0.1, 0.15) is 30.2 Å². The van der Waals surface area contributed by atoms with Crippen molar-refractivity contribution in [2.75, 3.05) is 0 Å². The van der Waals surface area contributed by atoms with Gasteiger partial charge in [0, 0.05) is 9.35 Å². The third-order valence-electron chi connectivity index (χ3n) is 2.59. The molecule has 0 radical (unpaired) electrons. The molecule has 1 heterocycles. The number of thiophene rings is 1. The Hall–Kier alpha value is -0.320. The van der Waals surface area contributed by atoms with Crippen LogP contribution < -0.4 is 4.74 Å². The lowest BCUT2D eigenvalue weighted by molar-refractivity contribution is 0.305. The summed E-state index contributed by atoms with van der Waals surface area (Å²) in [5.41, 5.74) is 1.24. The van der Waals surface area contributed by atoms with E-state index in [0.717, 1.165) is 14.0 Å². The van der Waals surface area contributed by atoms with E-state index in [0.29, 0.717) is 12.5 Å². The molecule has 4 heteroatoms. The number of rotatable bonds is 4. The van der Waals surface area contributed by atoms with Gasteiger partial charge in [-0.25, -0.2) is 0 Å². The minimum Gasteiger partial charge on any atom is -0.488 e. The lowest BCUT2D eigenvalue weighted by Gasteiger charge is -2.14. The molecule has 0 aliphatic rings. The summed E-state index contributed by atoms with van der Waals surface area (Å²) in [5, 5.41) is 0. The molecule has 18 heavy (non-hydrogen) atoms. The first kappa shape index (κ1) is 14.1. The number of ether oxygens (including phenoxy) is 1. The highest BCUT2D eigenvalue weighted by atomic mass is 79.9. The molecule has 0 fully saturated rings. The molecule has 2 aromatic rings. The summed E-state index contributed by atoms with van der Waals surface area (Å²) in [6.45, 7) is 4.98. The molecule has 1 aromatic heterocycles. The average Bonchev–Trinajstić information content (AvgIpc) is 2.73. The number of benzene rings is 1. The second kappa shape index (κ2) is 6.22. The van der Waals surface area contributed by atoms with E-state index in [1.807, 2.05) is 18.2 Å². The molecule has 0 saturated carbocycles. The first-order valence-electron chi connectivity index (χ1n) is 5.72. The molecule has 0 atom stereocenters. The van der Waals surface area contributed by atoms with Gasteiger partial charge in [0.05, 0.1) is 3.79 Å². The van der Waals surface area contributed by atoms with E-state index in [-0.39, 0.29) is 0 Å². The van der Waals surface area contributed by atoms with Gasteiger partial charge >= 0.3 is 0 Å². The van der Waals surface area contributed by atoms with E-state index < -0.39 is 0 Å². The van der Waals surface area contributed by atoms with Gasteiger partial charge in [0.15, 0.2) is 0 Å². The fourth-order valence-electron chi connectivity index (χ4n) is 1.68. The number of hydrogen-bond acceptors (Lipinski definition) is 2. The maximum atomic E-state index is 5.92. The summed E-state index contributed by atoms with van der Waals surface area (Å²) in [7, 11) is 0. The summed E-state index contributed by atoms with van der Waals surface area (Å²) in [4.78, 5) is 1.22. The van der Waals surface area contributed by atoms with Crippen molar-refractivity contribution >= 4 is 43.2 Å². The molecule has 0 spiro atoms. The number of halogens is 2. The smallest absolute Gasteiger partial charge is 0.123 e. The summed E-state index contributed by atoms with van der Waals surface area (Å²) in [6.07, 6.45) is 0. The molecule has 0 bridgehead atoms. The molecule has 0 amide bonds. The van der Waals surface area contributed by atoms with Gasteiger partial charge in [-0.15, -0.1) is 11.3 Å². The van der Waals surface area contributed by atoms with Crippen LogP contribution in [-0.2, 0) is 6.61 Å². The van der Waals surface area contributed by atoms with E-state index >= 15 is 0 Å². The highest BCUT2D eigenvalue weighted by Gasteiger charge is 2.09. The molecule has 1 aromatic carbocycles. The van der Waals surface area contributed by atoms with Gasteiger partial charge in [0.25, 0.3) is 0 Å². The molecule has 2 rings (SSSR count). The van der Waals surface area contributed by atoms with Crippen LogP contribution in [-0.4, -0.2) is 0 Å². The van der Waals surface area contributed by atoms with Gasteiger partial charge in [-0.05, 0) is 57.7 Å². The fraction of sp³-hybridized carbons (Fsp3) is 0.286. The third-order valence-corrected chi connectivity index (χ3v) is 4.68. The van der Waals surface area contributed by atoms with Crippen molar-refractivity contribution in [3.8, 4) is 5.75 Å². The second-order valence-corrected chi connectivity index (χ2v) is 7.79. The monoisotopic (exact) mass is 388 g/mol. The summed E-state index contributed by atoms with van der Waals surface area (Å²) in [5.74, 6) is 1.42. The molecule has 0 saturated heterocycles. The maximum absolute atomic E-state index is 5.92. The fourth-order valence-corrected chi connectivity index (χ4v) is 3.46. The van der Waals surface area contributed by atoms with Crippen molar-refractivity contribution in [2.24, 2.45) is 0 Å². The van der Waals surface area contributed by atoms with Crippen molar-refractivity contribution in [2.45, 2.75) is 26.4 Å². The van der Waals surface area contributed by atoms with Crippen LogP contribution in [0, 0.1) is 0 Å². The van der Waals surface area contributed by atoms with E-state index in [4.69, 9.17) is 4.74 Å². The molecule has 0 aliphatic carbocycles. The van der Waals surface area contributed by atoms with Crippen LogP contribution in [0.4, 0.5) is 0 Å². The molecule has 96 valence electrons. The van der Waals surface area contributed by atoms with Crippen LogP contribution in [0.25, 0.3) is 0 Å². The Morgan fingerprint density at radius 3 is 2.56 bits per heavy atom. The van der Waals surface area contributed by atoms with Crippen LogP contribution in [0.15, 0.2) is 38.6 Å². The predicted molar refractivity (Wildman–Crippen MR) is 84.6 cm³/mol. The predicted octanol–water partition coefficient (Wildman–Crippen LogP) is 5.98. The van der Waals surface area contributed by atoms with Crippen molar-refractivity contribution in [1.29, 1.82) is 0 Å². The van der Waals surface area contributed by atoms with Gasteiger partial charge in [-0.2, -0.15) is 0 Å². The van der Waals surface area contributed by atoms with E-state index in [1.54, 1.807) is 11.3 Å². The Kier molecular flexibility index (Phi) is 4.87.